The number of benzene rings is 4. The van der Waals surface area contributed by atoms with Gasteiger partial charge in [-0.15, -0.1) is 0 Å². The Morgan fingerprint density at radius 2 is 1.64 bits per heavy atom. The second kappa shape index (κ2) is 10.4. The second-order valence-electron chi connectivity index (χ2n) is 8.18. The lowest BCUT2D eigenvalue weighted by Gasteiger charge is -2.16. The SMILES string of the molecule is Cc1c(Cl)cccc1-n1c(SCC(=O)Nc2ccccc2-c2ccccc2)nc2ccccc2c1=O. The van der Waals surface area contributed by atoms with Crippen LogP contribution in [0.5, 0.6) is 0 Å². The predicted molar refractivity (Wildman–Crippen MR) is 148 cm³/mol. The van der Waals surface area contributed by atoms with Crippen molar-refractivity contribution in [1.29, 1.82) is 0 Å². The highest BCUT2D eigenvalue weighted by atomic mass is 35.5. The van der Waals surface area contributed by atoms with Crippen LogP contribution in [0, 0.1) is 6.92 Å². The Morgan fingerprint density at radius 1 is 0.917 bits per heavy atom. The number of nitrogens with one attached hydrogen (secondary N) is 1. The van der Waals surface area contributed by atoms with Crippen LogP contribution < -0.4 is 10.9 Å². The number of fused-ring (bicyclic) bond motifs is 1. The van der Waals surface area contributed by atoms with Gasteiger partial charge < -0.3 is 5.32 Å². The zero-order valence-electron chi connectivity index (χ0n) is 19.4. The van der Waals surface area contributed by atoms with Crippen LogP contribution in [0.25, 0.3) is 27.7 Å². The van der Waals surface area contributed by atoms with E-state index in [4.69, 9.17) is 16.6 Å². The van der Waals surface area contributed by atoms with E-state index in [9.17, 15) is 9.59 Å². The van der Waals surface area contributed by atoms with Gasteiger partial charge in [0.1, 0.15) is 0 Å². The molecule has 0 aliphatic rings. The summed E-state index contributed by atoms with van der Waals surface area (Å²) in [5.74, 6) is -0.117. The van der Waals surface area contributed by atoms with E-state index in [2.05, 4.69) is 5.32 Å². The normalized spacial score (nSPS) is 10.9. The quantitative estimate of drug-likeness (QED) is 0.202. The number of carbonyl (C=O) groups excluding carboxylic acids is 1. The molecule has 7 heteroatoms. The van der Waals surface area contributed by atoms with Gasteiger partial charge in [0.15, 0.2) is 5.16 Å². The second-order valence-corrected chi connectivity index (χ2v) is 9.53. The minimum absolute atomic E-state index is 0.0769. The molecule has 0 aliphatic carbocycles. The fourth-order valence-electron chi connectivity index (χ4n) is 4.04. The number of hydrogen-bond acceptors (Lipinski definition) is 4. The number of amides is 1. The Bertz CT molecular complexity index is 1630. The molecule has 0 radical (unpaired) electrons. The average molecular weight is 512 g/mol. The molecule has 0 saturated carbocycles. The van der Waals surface area contributed by atoms with Crippen LogP contribution in [0.1, 0.15) is 5.56 Å². The van der Waals surface area contributed by atoms with Crippen molar-refractivity contribution in [2.75, 3.05) is 11.1 Å². The molecule has 1 aromatic heterocycles. The van der Waals surface area contributed by atoms with E-state index in [-0.39, 0.29) is 17.2 Å². The van der Waals surface area contributed by atoms with Crippen molar-refractivity contribution in [3.05, 3.63) is 118 Å². The number of halogens is 1. The van der Waals surface area contributed by atoms with Gasteiger partial charge in [0.2, 0.25) is 5.91 Å². The van der Waals surface area contributed by atoms with Gasteiger partial charge in [-0.2, -0.15) is 0 Å². The van der Waals surface area contributed by atoms with Crippen LogP contribution in [-0.4, -0.2) is 21.2 Å². The average Bonchev–Trinajstić information content (AvgIpc) is 2.90. The third kappa shape index (κ3) is 4.78. The number of carbonyl (C=O) groups is 1. The van der Waals surface area contributed by atoms with E-state index in [1.165, 1.54) is 11.8 Å². The Morgan fingerprint density at radius 3 is 2.47 bits per heavy atom. The van der Waals surface area contributed by atoms with Gasteiger partial charge in [-0.25, -0.2) is 4.98 Å². The highest BCUT2D eigenvalue weighted by molar-refractivity contribution is 7.99. The molecule has 5 aromatic rings. The van der Waals surface area contributed by atoms with Crippen LogP contribution in [0.3, 0.4) is 0 Å². The molecule has 0 aliphatic heterocycles. The van der Waals surface area contributed by atoms with Gasteiger partial charge in [-0.05, 0) is 48.4 Å². The number of anilines is 1. The lowest BCUT2D eigenvalue weighted by Crippen LogP contribution is -2.23. The van der Waals surface area contributed by atoms with Crippen molar-refractivity contribution in [3.63, 3.8) is 0 Å². The number of thioether (sulfide) groups is 1. The maximum Gasteiger partial charge on any atom is 0.266 e. The first-order valence-corrected chi connectivity index (χ1v) is 12.7. The molecule has 1 amide bonds. The van der Waals surface area contributed by atoms with E-state index in [0.717, 1.165) is 22.4 Å². The highest BCUT2D eigenvalue weighted by Gasteiger charge is 2.17. The molecule has 0 fully saturated rings. The van der Waals surface area contributed by atoms with Crippen molar-refractivity contribution >= 4 is 45.9 Å². The summed E-state index contributed by atoms with van der Waals surface area (Å²) in [6.07, 6.45) is 0. The molecular weight excluding hydrogens is 490 g/mol. The molecule has 178 valence electrons. The topological polar surface area (TPSA) is 64.0 Å². The minimum Gasteiger partial charge on any atom is -0.325 e. The Kier molecular flexibility index (Phi) is 6.89. The summed E-state index contributed by atoms with van der Waals surface area (Å²) in [7, 11) is 0. The summed E-state index contributed by atoms with van der Waals surface area (Å²) < 4.78 is 1.54. The molecule has 4 aromatic carbocycles. The summed E-state index contributed by atoms with van der Waals surface area (Å²) in [5, 5.41) is 4.50. The first-order valence-electron chi connectivity index (χ1n) is 11.4. The van der Waals surface area contributed by atoms with E-state index in [0.29, 0.717) is 26.8 Å². The number of nitrogens with zero attached hydrogens (tertiary/aromatic N) is 2. The van der Waals surface area contributed by atoms with Crippen LogP contribution in [0.2, 0.25) is 5.02 Å². The minimum atomic E-state index is -0.205. The smallest absolute Gasteiger partial charge is 0.266 e. The fraction of sp³-hybridized carbons (Fsp3) is 0.0690. The molecular formula is C29H22ClN3O2S. The third-order valence-corrected chi connectivity index (χ3v) is 7.19. The Labute approximate surface area is 217 Å². The number of para-hydroxylation sites is 2. The summed E-state index contributed by atoms with van der Waals surface area (Å²) in [6, 6.07) is 30.2. The molecule has 5 rings (SSSR count). The largest absolute Gasteiger partial charge is 0.325 e. The molecule has 0 spiro atoms. The molecule has 36 heavy (non-hydrogen) atoms. The lowest BCUT2D eigenvalue weighted by molar-refractivity contribution is -0.113. The van der Waals surface area contributed by atoms with Gasteiger partial charge in [0.25, 0.3) is 5.56 Å². The highest BCUT2D eigenvalue weighted by Crippen LogP contribution is 2.29. The summed E-state index contributed by atoms with van der Waals surface area (Å²) in [5.41, 5.74) is 4.46. The standard InChI is InChI=1S/C29H22ClN3O2S/c1-19-23(30)14-9-17-26(19)33-28(35)22-13-6-8-16-25(22)32-29(33)36-18-27(34)31-24-15-7-5-12-21(24)20-10-3-2-4-11-20/h2-17H,18H2,1H3,(H,31,34). The van der Waals surface area contributed by atoms with Gasteiger partial charge in [0, 0.05) is 16.3 Å². The maximum atomic E-state index is 13.5. The van der Waals surface area contributed by atoms with Gasteiger partial charge in [-0.1, -0.05) is 90.1 Å². The van der Waals surface area contributed by atoms with E-state index in [1.807, 2.05) is 79.7 Å². The van der Waals surface area contributed by atoms with E-state index < -0.39 is 0 Å². The van der Waals surface area contributed by atoms with Crippen LogP contribution in [-0.2, 0) is 4.79 Å². The number of aromatic nitrogens is 2. The summed E-state index contributed by atoms with van der Waals surface area (Å²) in [4.78, 5) is 31.3. The third-order valence-electron chi connectivity index (χ3n) is 5.84. The molecule has 0 unspecified atom stereocenters. The van der Waals surface area contributed by atoms with Crippen molar-refractivity contribution in [1.82, 2.24) is 9.55 Å². The van der Waals surface area contributed by atoms with Crippen LogP contribution in [0.4, 0.5) is 5.69 Å². The van der Waals surface area contributed by atoms with E-state index in [1.54, 1.807) is 28.8 Å². The molecule has 1 N–H and O–H groups in total. The first-order chi connectivity index (χ1) is 17.5. The zero-order valence-corrected chi connectivity index (χ0v) is 21.0. The zero-order chi connectivity index (χ0) is 25.1. The van der Waals surface area contributed by atoms with Crippen LogP contribution in [0.15, 0.2) is 107 Å². The fourth-order valence-corrected chi connectivity index (χ4v) is 5.01. The van der Waals surface area contributed by atoms with Crippen LogP contribution >= 0.6 is 23.4 Å². The molecule has 0 atom stereocenters. The number of rotatable bonds is 6. The molecule has 1 heterocycles. The number of hydrogen-bond donors (Lipinski definition) is 1. The van der Waals surface area contributed by atoms with Crippen molar-refractivity contribution in [3.8, 4) is 16.8 Å². The van der Waals surface area contributed by atoms with Gasteiger partial charge in [0.05, 0.1) is 22.3 Å². The predicted octanol–water partition coefficient (Wildman–Crippen LogP) is 6.75. The van der Waals surface area contributed by atoms with Crippen molar-refractivity contribution < 1.29 is 4.79 Å². The van der Waals surface area contributed by atoms with E-state index >= 15 is 0 Å². The Hall–Kier alpha value is -3.87. The first kappa shape index (κ1) is 23.9. The maximum absolute atomic E-state index is 13.5. The van der Waals surface area contributed by atoms with Gasteiger partial charge in [-0.3, -0.25) is 14.2 Å². The van der Waals surface area contributed by atoms with Crippen molar-refractivity contribution in [2.24, 2.45) is 0 Å². The lowest BCUT2D eigenvalue weighted by atomic mass is 10.0. The molecule has 0 bridgehead atoms. The van der Waals surface area contributed by atoms with Crippen molar-refractivity contribution in [2.45, 2.75) is 12.1 Å². The molecule has 0 saturated heterocycles. The summed E-state index contributed by atoms with van der Waals surface area (Å²) >= 11 is 7.57. The Balaban J connectivity index is 1.47. The summed E-state index contributed by atoms with van der Waals surface area (Å²) in [6.45, 7) is 1.86. The molecule has 5 nitrogen and oxygen atoms in total. The van der Waals surface area contributed by atoms with Gasteiger partial charge >= 0.3 is 0 Å². The monoisotopic (exact) mass is 511 g/mol.